The fourth-order valence-electron chi connectivity index (χ4n) is 2.60. The fourth-order valence-corrected chi connectivity index (χ4v) is 3.13. The van der Waals surface area contributed by atoms with Crippen molar-refractivity contribution in [2.75, 3.05) is 19.7 Å². The van der Waals surface area contributed by atoms with Crippen LogP contribution in [0.5, 0.6) is 0 Å². The first-order valence-electron chi connectivity index (χ1n) is 7.92. The highest BCUT2D eigenvalue weighted by molar-refractivity contribution is 6.35. The van der Waals surface area contributed by atoms with Crippen LogP contribution in [0.25, 0.3) is 22.6 Å². The first-order chi connectivity index (χ1) is 12.9. The van der Waals surface area contributed by atoms with Crippen molar-refractivity contribution >= 4 is 40.2 Å². The third-order valence-corrected chi connectivity index (χ3v) is 4.20. The topological polar surface area (TPSA) is 66.6 Å². The summed E-state index contributed by atoms with van der Waals surface area (Å²) in [4.78, 5) is 17.7. The van der Waals surface area contributed by atoms with Crippen molar-refractivity contribution in [2.24, 2.45) is 0 Å². The number of fused-ring (bicyclic) bond motifs is 1. The van der Waals surface area contributed by atoms with Gasteiger partial charge in [0.05, 0.1) is 13.2 Å². The first-order valence-corrected chi connectivity index (χ1v) is 8.68. The zero-order valence-electron chi connectivity index (χ0n) is 13.8. The number of benzene rings is 2. The number of hydrogen-bond donors (Lipinski definition) is 1. The molecule has 0 aliphatic rings. The third-order valence-electron chi connectivity index (χ3n) is 3.76. The Hall–Kier alpha value is -2.22. The summed E-state index contributed by atoms with van der Waals surface area (Å²) in [6.07, 6.45) is -2.70. The summed E-state index contributed by atoms with van der Waals surface area (Å²) in [5.74, 6) is -0.367. The molecular formula is C18H14Cl2F2N2O3. The Morgan fingerprint density at radius 1 is 1.19 bits per heavy atom. The highest BCUT2D eigenvalue weighted by Gasteiger charge is 2.20. The molecule has 3 aromatic rings. The quantitative estimate of drug-likeness (QED) is 0.644. The zero-order chi connectivity index (χ0) is 19.6. The number of oxazole rings is 1. The van der Waals surface area contributed by atoms with E-state index in [2.05, 4.69) is 4.98 Å². The highest BCUT2D eigenvalue weighted by atomic mass is 35.5. The molecular weight excluding hydrogens is 401 g/mol. The lowest BCUT2D eigenvalue weighted by atomic mass is 10.2. The molecule has 0 fully saturated rings. The Labute approximate surface area is 163 Å². The molecule has 0 aliphatic carbocycles. The minimum Gasteiger partial charge on any atom is -0.436 e. The number of rotatable bonds is 6. The summed E-state index contributed by atoms with van der Waals surface area (Å²) in [5.41, 5.74) is 1.52. The van der Waals surface area contributed by atoms with Crippen molar-refractivity contribution in [1.29, 1.82) is 0 Å². The fraction of sp³-hybridized carbons (Fsp3) is 0.222. The third kappa shape index (κ3) is 4.55. The number of hydrogen-bond acceptors (Lipinski definition) is 4. The van der Waals surface area contributed by atoms with Crippen LogP contribution in [0.1, 0.15) is 10.4 Å². The number of carbonyl (C=O) groups excluding carboxylic acids is 1. The van der Waals surface area contributed by atoms with Crippen molar-refractivity contribution in [3.63, 3.8) is 0 Å². The number of aliphatic hydroxyl groups excluding tert-OH is 1. The molecule has 1 amide bonds. The largest absolute Gasteiger partial charge is 0.436 e. The van der Waals surface area contributed by atoms with Gasteiger partial charge in [0.15, 0.2) is 5.58 Å². The van der Waals surface area contributed by atoms with Crippen molar-refractivity contribution in [1.82, 2.24) is 9.88 Å². The second kappa shape index (κ2) is 8.21. The number of alkyl halides is 2. The molecule has 0 saturated heterocycles. The van der Waals surface area contributed by atoms with Crippen molar-refractivity contribution in [2.45, 2.75) is 6.43 Å². The normalized spacial score (nSPS) is 11.3. The lowest BCUT2D eigenvalue weighted by molar-refractivity contribution is 0.0509. The highest BCUT2D eigenvalue weighted by Crippen LogP contribution is 2.29. The molecule has 0 radical (unpaired) electrons. The molecule has 1 heterocycles. The smallest absolute Gasteiger partial charge is 0.255 e. The standard InChI is InChI=1S/C18H14Cl2F2N2O3/c19-12-5-11(6-13(20)8-12)17-23-14-2-1-10(7-15(14)27-17)18(26)24(3-4-25)9-16(21)22/h1-2,5-8,16,25H,3-4,9H2. The van der Waals surface area contributed by atoms with E-state index in [1.54, 1.807) is 24.3 Å². The van der Waals surface area contributed by atoms with E-state index in [0.29, 0.717) is 26.7 Å². The van der Waals surface area contributed by atoms with E-state index in [4.69, 9.17) is 32.7 Å². The monoisotopic (exact) mass is 414 g/mol. The molecule has 0 saturated carbocycles. The molecule has 2 aromatic carbocycles. The van der Waals surface area contributed by atoms with E-state index in [1.807, 2.05) is 0 Å². The van der Waals surface area contributed by atoms with E-state index < -0.39 is 25.5 Å². The van der Waals surface area contributed by atoms with Crippen LogP contribution in [-0.4, -0.2) is 47.0 Å². The number of aliphatic hydroxyl groups is 1. The maximum Gasteiger partial charge on any atom is 0.255 e. The second-order valence-electron chi connectivity index (χ2n) is 5.73. The zero-order valence-corrected chi connectivity index (χ0v) is 15.3. The number of halogens is 4. The van der Waals surface area contributed by atoms with Crippen LogP contribution in [0.2, 0.25) is 10.0 Å². The Morgan fingerprint density at radius 3 is 2.52 bits per heavy atom. The first kappa shape index (κ1) is 19.5. The van der Waals surface area contributed by atoms with Crippen LogP contribution in [0, 0.1) is 0 Å². The Kier molecular flexibility index (Phi) is 5.94. The van der Waals surface area contributed by atoms with Crippen LogP contribution < -0.4 is 0 Å². The van der Waals surface area contributed by atoms with Gasteiger partial charge in [-0.1, -0.05) is 23.2 Å². The molecule has 1 N–H and O–H groups in total. The number of amides is 1. The summed E-state index contributed by atoms with van der Waals surface area (Å²) < 4.78 is 31.0. The molecule has 5 nitrogen and oxygen atoms in total. The van der Waals surface area contributed by atoms with Gasteiger partial charge in [-0.15, -0.1) is 0 Å². The molecule has 3 rings (SSSR count). The van der Waals surface area contributed by atoms with E-state index in [9.17, 15) is 13.6 Å². The summed E-state index contributed by atoms with van der Waals surface area (Å²) in [6, 6.07) is 9.30. The van der Waals surface area contributed by atoms with E-state index in [-0.39, 0.29) is 18.0 Å². The SMILES string of the molecule is O=C(c1ccc2nc(-c3cc(Cl)cc(Cl)c3)oc2c1)N(CCO)CC(F)F. The average Bonchev–Trinajstić information content (AvgIpc) is 3.03. The van der Waals surface area contributed by atoms with Crippen LogP contribution in [0.15, 0.2) is 40.8 Å². The van der Waals surface area contributed by atoms with Gasteiger partial charge in [-0.25, -0.2) is 13.8 Å². The number of aromatic nitrogens is 1. The summed E-state index contributed by atoms with van der Waals surface area (Å²) in [7, 11) is 0. The summed E-state index contributed by atoms with van der Waals surface area (Å²) in [6.45, 7) is -1.37. The van der Waals surface area contributed by atoms with Gasteiger partial charge in [0.1, 0.15) is 5.52 Å². The lowest BCUT2D eigenvalue weighted by Crippen LogP contribution is -2.37. The van der Waals surface area contributed by atoms with E-state index in [1.165, 1.54) is 12.1 Å². The van der Waals surface area contributed by atoms with Crippen LogP contribution >= 0.6 is 23.2 Å². The van der Waals surface area contributed by atoms with E-state index in [0.717, 1.165) is 4.90 Å². The minimum atomic E-state index is -2.70. The lowest BCUT2D eigenvalue weighted by Gasteiger charge is -2.21. The van der Waals surface area contributed by atoms with Gasteiger partial charge < -0.3 is 14.4 Å². The van der Waals surface area contributed by atoms with Crippen LogP contribution in [0.4, 0.5) is 8.78 Å². The van der Waals surface area contributed by atoms with E-state index >= 15 is 0 Å². The molecule has 0 atom stereocenters. The van der Waals surface area contributed by atoms with Crippen LogP contribution in [-0.2, 0) is 0 Å². The predicted octanol–water partition coefficient (Wildman–Crippen LogP) is 4.50. The molecule has 9 heteroatoms. The van der Waals surface area contributed by atoms with Crippen molar-refractivity contribution in [3.05, 3.63) is 52.0 Å². The average molecular weight is 415 g/mol. The van der Waals surface area contributed by atoms with Gasteiger partial charge in [-0.3, -0.25) is 4.79 Å². The van der Waals surface area contributed by atoms with Gasteiger partial charge in [-0.05, 0) is 36.4 Å². The molecule has 0 bridgehead atoms. The Bertz CT molecular complexity index is 958. The Balaban J connectivity index is 1.94. The van der Waals surface area contributed by atoms with Gasteiger partial charge in [0.2, 0.25) is 5.89 Å². The van der Waals surface area contributed by atoms with Crippen LogP contribution in [0.3, 0.4) is 0 Å². The summed E-state index contributed by atoms with van der Waals surface area (Å²) in [5, 5.41) is 9.84. The molecule has 142 valence electrons. The van der Waals surface area contributed by atoms with Gasteiger partial charge in [-0.2, -0.15) is 0 Å². The molecule has 1 aromatic heterocycles. The molecule has 0 aliphatic heterocycles. The minimum absolute atomic E-state index is 0.156. The molecule has 0 unspecified atom stereocenters. The van der Waals surface area contributed by atoms with Crippen molar-refractivity contribution in [3.8, 4) is 11.5 Å². The van der Waals surface area contributed by atoms with Gasteiger partial charge in [0.25, 0.3) is 12.3 Å². The van der Waals surface area contributed by atoms with Crippen molar-refractivity contribution < 1.29 is 23.1 Å². The second-order valence-corrected chi connectivity index (χ2v) is 6.60. The van der Waals surface area contributed by atoms with Gasteiger partial charge in [0, 0.05) is 27.7 Å². The Morgan fingerprint density at radius 2 is 1.89 bits per heavy atom. The van der Waals surface area contributed by atoms with Gasteiger partial charge >= 0.3 is 0 Å². The number of nitrogens with zero attached hydrogens (tertiary/aromatic N) is 2. The molecule has 0 spiro atoms. The number of carbonyl (C=O) groups is 1. The maximum absolute atomic E-state index is 12.7. The predicted molar refractivity (Wildman–Crippen MR) is 98.5 cm³/mol. The maximum atomic E-state index is 12.7. The molecule has 27 heavy (non-hydrogen) atoms. The summed E-state index contributed by atoms with van der Waals surface area (Å²) >= 11 is 12.0.